The number of likely N-dealkylation sites (tertiary alicyclic amines) is 1. The minimum absolute atomic E-state index is 0.00176. The first kappa shape index (κ1) is 16.0. The summed E-state index contributed by atoms with van der Waals surface area (Å²) in [7, 11) is 1.70. The molecule has 2 N–H and O–H groups in total. The van der Waals surface area contributed by atoms with Crippen LogP contribution < -0.4 is 5.73 Å². The molecule has 0 bridgehead atoms. The fraction of sp³-hybridized carbons (Fsp3) is 0.500. The molecular weight excluding hydrogens is 391 g/mol. The molecule has 1 heterocycles. The molecule has 1 saturated heterocycles. The quantitative estimate of drug-likeness (QED) is 0.782. The molecule has 0 saturated carbocycles. The van der Waals surface area contributed by atoms with Gasteiger partial charge in [0.05, 0.1) is 11.7 Å². The number of methoxy groups -OCH3 is 1. The van der Waals surface area contributed by atoms with Gasteiger partial charge in [-0.15, -0.1) is 0 Å². The second-order valence-corrected chi connectivity index (χ2v) is 6.49. The molecule has 0 aromatic heterocycles. The van der Waals surface area contributed by atoms with E-state index in [1.54, 1.807) is 19.2 Å². The Morgan fingerprint density at radius 1 is 1.60 bits per heavy atom. The van der Waals surface area contributed by atoms with E-state index in [1.165, 1.54) is 0 Å². The lowest BCUT2D eigenvalue weighted by molar-refractivity contribution is 0.0138. The highest BCUT2D eigenvalue weighted by Crippen LogP contribution is 2.25. The molecule has 110 valence electrons. The summed E-state index contributed by atoms with van der Waals surface area (Å²) in [5.74, 6) is 0.00176. The van der Waals surface area contributed by atoms with Gasteiger partial charge in [0, 0.05) is 34.8 Å². The van der Waals surface area contributed by atoms with Gasteiger partial charge in [-0.05, 0) is 53.6 Å². The van der Waals surface area contributed by atoms with Crippen molar-refractivity contribution >= 4 is 40.1 Å². The number of hydrogen-bond donors (Lipinski definition) is 1. The molecule has 1 aromatic rings. The molecule has 2 atom stereocenters. The average molecular weight is 409 g/mol. The number of hydrogen-bond acceptors (Lipinski definition) is 3. The van der Waals surface area contributed by atoms with Gasteiger partial charge in [0.25, 0.3) is 5.91 Å². The molecule has 1 aliphatic rings. The largest absolute Gasteiger partial charge is 0.381 e. The van der Waals surface area contributed by atoms with Gasteiger partial charge in [-0.3, -0.25) is 4.79 Å². The molecule has 4 nitrogen and oxygen atoms in total. The molecule has 6 heteroatoms. The number of amides is 1. The Morgan fingerprint density at radius 2 is 2.35 bits per heavy atom. The maximum absolute atomic E-state index is 12.7. The monoisotopic (exact) mass is 408 g/mol. The van der Waals surface area contributed by atoms with Gasteiger partial charge in [0.15, 0.2) is 0 Å². The van der Waals surface area contributed by atoms with Crippen LogP contribution in [0.5, 0.6) is 0 Å². The van der Waals surface area contributed by atoms with E-state index < -0.39 is 0 Å². The molecule has 0 radical (unpaired) electrons. The Morgan fingerprint density at radius 3 is 3.00 bits per heavy atom. The van der Waals surface area contributed by atoms with Crippen molar-refractivity contribution in [2.45, 2.75) is 25.0 Å². The summed E-state index contributed by atoms with van der Waals surface area (Å²) in [5.41, 5.74) is 6.46. The lowest BCUT2D eigenvalue weighted by atomic mass is 9.98. The lowest BCUT2D eigenvalue weighted by Gasteiger charge is -2.38. The van der Waals surface area contributed by atoms with E-state index in [0.29, 0.717) is 23.7 Å². The molecule has 2 unspecified atom stereocenters. The molecule has 20 heavy (non-hydrogen) atoms. The Labute approximate surface area is 137 Å². The van der Waals surface area contributed by atoms with Gasteiger partial charge in [-0.25, -0.2) is 0 Å². The van der Waals surface area contributed by atoms with E-state index in [1.807, 2.05) is 11.0 Å². The first-order valence-corrected chi connectivity index (χ1v) is 8.01. The Bertz CT molecular complexity index is 498. The van der Waals surface area contributed by atoms with Gasteiger partial charge >= 0.3 is 0 Å². The third-order valence-electron chi connectivity index (χ3n) is 3.69. The van der Waals surface area contributed by atoms with E-state index >= 15 is 0 Å². The number of rotatable bonds is 3. The van der Waals surface area contributed by atoms with E-state index in [-0.39, 0.29) is 18.1 Å². The van der Waals surface area contributed by atoms with Crippen LogP contribution in [0.4, 0.5) is 0 Å². The van der Waals surface area contributed by atoms with Crippen molar-refractivity contribution in [3.05, 3.63) is 32.4 Å². The van der Waals surface area contributed by atoms with Gasteiger partial charge in [-0.2, -0.15) is 0 Å². The summed E-state index contributed by atoms with van der Waals surface area (Å²) in [6, 6.07) is 5.39. The van der Waals surface area contributed by atoms with Crippen molar-refractivity contribution in [3.63, 3.8) is 0 Å². The zero-order valence-corrected chi connectivity index (χ0v) is 14.2. The summed E-state index contributed by atoms with van der Waals surface area (Å²) in [4.78, 5) is 14.6. The zero-order chi connectivity index (χ0) is 14.7. The lowest BCUT2D eigenvalue weighted by Crippen LogP contribution is -2.51. The standard InChI is InChI=1S/C14H18ClIN2O2/c1-20-11-4-5-18(10(7-11)8-17)14(19)12-6-9(15)2-3-13(12)16/h2-3,6,10-11H,4-5,7-8,17H2,1H3. The molecule has 0 spiro atoms. The Kier molecular flexibility index (Phi) is 5.65. The first-order chi connectivity index (χ1) is 9.56. The number of nitrogens with zero attached hydrogens (tertiary/aromatic N) is 1. The number of piperidine rings is 1. The van der Waals surface area contributed by atoms with E-state index in [4.69, 9.17) is 22.1 Å². The van der Waals surface area contributed by atoms with Crippen LogP contribution in [0, 0.1) is 3.57 Å². The van der Waals surface area contributed by atoms with Crippen LogP contribution in [0.15, 0.2) is 18.2 Å². The maximum Gasteiger partial charge on any atom is 0.255 e. The molecular formula is C14H18ClIN2O2. The van der Waals surface area contributed by atoms with Crippen molar-refractivity contribution in [1.29, 1.82) is 0 Å². The smallest absolute Gasteiger partial charge is 0.255 e. The summed E-state index contributed by atoms with van der Waals surface area (Å²) < 4.78 is 6.29. The van der Waals surface area contributed by atoms with Gasteiger partial charge in [-0.1, -0.05) is 11.6 Å². The minimum atomic E-state index is 0.00176. The van der Waals surface area contributed by atoms with Crippen LogP contribution in [0.3, 0.4) is 0 Å². The van der Waals surface area contributed by atoms with Gasteiger partial charge in [0.2, 0.25) is 0 Å². The Balaban J connectivity index is 2.21. The molecule has 1 amide bonds. The Hall–Kier alpha value is -0.370. The van der Waals surface area contributed by atoms with Crippen molar-refractivity contribution in [1.82, 2.24) is 4.90 Å². The first-order valence-electron chi connectivity index (χ1n) is 6.55. The second-order valence-electron chi connectivity index (χ2n) is 4.89. The molecule has 1 aliphatic heterocycles. The highest BCUT2D eigenvalue weighted by atomic mass is 127. The number of carbonyl (C=O) groups is 1. The highest BCUT2D eigenvalue weighted by Gasteiger charge is 2.32. The van der Waals surface area contributed by atoms with Crippen LogP contribution in [0.1, 0.15) is 23.2 Å². The molecule has 1 aromatic carbocycles. The van der Waals surface area contributed by atoms with Crippen LogP contribution in [-0.4, -0.2) is 43.2 Å². The number of carbonyl (C=O) groups excluding carboxylic acids is 1. The van der Waals surface area contributed by atoms with Crippen LogP contribution in [0.25, 0.3) is 0 Å². The van der Waals surface area contributed by atoms with Crippen LogP contribution in [-0.2, 0) is 4.74 Å². The summed E-state index contributed by atoms with van der Waals surface area (Å²) >= 11 is 8.15. The SMILES string of the molecule is COC1CCN(C(=O)c2cc(Cl)ccc2I)C(CN)C1. The second kappa shape index (κ2) is 7.06. The van der Waals surface area contributed by atoms with Crippen LogP contribution >= 0.6 is 34.2 Å². The summed E-state index contributed by atoms with van der Waals surface area (Å²) in [5, 5.41) is 0.574. The predicted molar refractivity (Wildman–Crippen MR) is 88.1 cm³/mol. The molecule has 1 fully saturated rings. The summed E-state index contributed by atoms with van der Waals surface area (Å²) in [6.45, 7) is 1.12. The normalized spacial score (nSPS) is 22.9. The predicted octanol–water partition coefficient (Wildman–Crippen LogP) is 2.52. The van der Waals surface area contributed by atoms with E-state index in [2.05, 4.69) is 22.6 Å². The fourth-order valence-corrected chi connectivity index (χ4v) is 3.27. The fourth-order valence-electron chi connectivity index (χ4n) is 2.54. The third kappa shape index (κ3) is 3.44. The number of halogens is 2. The van der Waals surface area contributed by atoms with Crippen molar-refractivity contribution in [2.24, 2.45) is 5.73 Å². The van der Waals surface area contributed by atoms with Gasteiger partial charge < -0.3 is 15.4 Å². The van der Waals surface area contributed by atoms with E-state index in [9.17, 15) is 4.79 Å². The van der Waals surface area contributed by atoms with Crippen molar-refractivity contribution in [2.75, 3.05) is 20.2 Å². The van der Waals surface area contributed by atoms with Crippen LogP contribution in [0.2, 0.25) is 5.02 Å². The van der Waals surface area contributed by atoms with Crippen molar-refractivity contribution in [3.8, 4) is 0 Å². The minimum Gasteiger partial charge on any atom is -0.381 e. The third-order valence-corrected chi connectivity index (χ3v) is 4.87. The average Bonchev–Trinajstić information content (AvgIpc) is 2.48. The maximum atomic E-state index is 12.7. The topological polar surface area (TPSA) is 55.6 Å². The zero-order valence-electron chi connectivity index (χ0n) is 11.3. The number of benzene rings is 1. The molecule has 2 rings (SSSR count). The number of nitrogens with two attached hydrogens (primary N) is 1. The highest BCUT2D eigenvalue weighted by molar-refractivity contribution is 14.1. The van der Waals surface area contributed by atoms with Crippen molar-refractivity contribution < 1.29 is 9.53 Å². The van der Waals surface area contributed by atoms with Gasteiger partial charge in [0.1, 0.15) is 0 Å². The number of ether oxygens (including phenoxy) is 1. The molecule has 0 aliphatic carbocycles. The summed E-state index contributed by atoms with van der Waals surface area (Å²) in [6.07, 6.45) is 1.82. The van der Waals surface area contributed by atoms with E-state index in [0.717, 1.165) is 16.4 Å².